The Balaban J connectivity index is 1.22. The van der Waals surface area contributed by atoms with Crippen molar-refractivity contribution in [2.45, 2.75) is 45.6 Å². The molecule has 46 heavy (non-hydrogen) atoms. The number of unbranched alkanes of at least 4 members (excludes halogenated alkanes) is 1. The first kappa shape index (κ1) is 31.3. The fourth-order valence-electron chi connectivity index (χ4n) is 5.48. The van der Waals surface area contributed by atoms with Gasteiger partial charge in [0.25, 0.3) is 0 Å². The number of hydrogen-bond acceptors (Lipinski definition) is 5. The predicted octanol–water partition coefficient (Wildman–Crippen LogP) is 8.90. The molecular weight excluding hydrogens is 613 g/mol. The van der Waals surface area contributed by atoms with Crippen molar-refractivity contribution in [2.75, 3.05) is 23.7 Å². The number of halogens is 4. The monoisotopic (exact) mass is 646 g/mol. The predicted molar refractivity (Wildman–Crippen MR) is 178 cm³/mol. The summed E-state index contributed by atoms with van der Waals surface area (Å²) in [5.41, 5.74) is 6.56. The van der Waals surface area contributed by atoms with E-state index in [0.29, 0.717) is 36.2 Å². The number of anilines is 2. The lowest BCUT2D eigenvalue weighted by Crippen LogP contribution is -2.17. The van der Waals surface area contributed by atoms with Crippen molar-refractivity contribution in [1.82, 2.24) is 19.1 Å². The molecule has 238 valence electrons. The van der Waals surface area contributed by atoms with Crippen LogP contribution in [0.3, 0.4) is 0 Å². The van der Waals surface area contributed by atoms with Crippen molar-refractivity contribution in [3.63, 3.8) is 0 Å². The molecule has 6 aromatic rings. The molecule has 7 nitrogen and oxygen atoms in total. The lowest BCUT2D eigenvalue weighted by Gasteiger charge is -2.13. The highest BCUT2D eigenvalue weighted by Gasteiger charge is 2.31. The third kappa shape index (κ3) is 7.56. The molecule has 0 amide bonds. The average Bonchev–Trinajstić information content (AvgIpc) is 3.55. The van der Waals surface area contributed by atoms with Crippen LogP contribution in [0.2, 0.25) is 5.02 Å². The molecule has 0 aliphatic heterocycles. The van der Waals surface area contributed by atoms with Crippen molar-refractivity contribution < 1.29 is 17.9 Å². The van der Waals surface area contributed by atoms with Gasteiger partial charge in [0, 0.05) is 18.1 Å². The Bertz CT molecular complexity index is 1930. The molecule has 11 heteroatoms. The summed E-state index contributed by atoms with van der Waals surface area (Å²) < 4.78 is 46.8. The number of nitrogens with one attached hydrogen (secondary N) is 2. The standard InChI is InChI=1S/C35H34ClF3N6O/c1-2-3-18-40-33-43-30-16-13-24(21-32(30)45(33)22-25-11-14-27(36)15-12-25)17-19-41-34-42-29-9-4-5-10-31(29)44(34)23-26-7-6-8-28(20-26)46-35(37,38)39/h4-16,20-21H,2-3,17-19,22-23H2,1H3,(H,40,43)(H,41,42). The van der Waals surface area contributed by atoms with Gasteiger partial charge in [-0.15, -0.1) is 13.2 Å². The minimum absolute atomic E-state index is 0.252. The van der Waals surface area contributed by atoms with Gasteiger partial charge in [0.05, 0.1) is 35.2 Å². The van der Waals surface area contributed by atoms with Crippen LogP contribution in [0, 0.1) is 0 Å². The summed E-state index contributed by atoms with van der Waals surface area (Å²) in [4.78, 5) is 9.68. The Morgan fingerprint density at radius 3 is 2.15 bits per heavy atom. The molecule has 0 radical (unpaired) electrons. The van der Waals surface area contributed by atoms with E-state index in [1.165, 1.54) is 12.1 Å². The SMILES string of the molecule is CCCCNc1nc2ccc(CCNc3nc4ccccc4n3Cc3cccc(OC(F)(F)F)c3)cc2n1Cc1ccc(Cl)cc1. The molecule has 0 bridgehead atoms. The van der Waals surface area contributed by atoms with Crippen LogP contribution in [0.25, 0.3) is 22.1 Å². The number of aromatic nitrogens is 4. The van der Waals surface area contributed by atoms with E-state index in [0.717, 1.165) is 64.9 Å². The number of nitrogens with zero attached hydrogens (tertiary/aromatic N) is 4. The van der Waals surface area contributed by atoms with Crippen molar-refractivity contribution in [3.05, 3.63) is 113 Å². The second kappa shape index (κ2) is 13.7. The number of alkyl halides is 3. The summed E-state index contributed by atoms with van der Waals surface area (Å²) >= 11 is 6.13. The van der Waals surface area contributed by atoms with Crippen LogP contribution in [0.15, 0.2) is 91.0 Å². The number of para-hydroxylation sites is 2. The van der Waals surface area contributed by atoms with Gasteiger partial charge in [-0.05, 0) is 78.1 Å². The van der Waals surface area contributed by atoms with E-state index < -0.39 is 6.36 Å². The van der Waals surface area contributed by atoms with Gasteiger partial charge in [-0.2, -0.15) is 0 Å². The summed E-state index contributed by atoms with van der Waals surface area (Å²) in [5.74, 6) is 1.23. The number of hydrogen-bond donors (Lipinski definition) is 2. The Labute approximate surface area is 270 Å². The largest absolute Gasteiger partial charge is 0.573 e. The summed E-state index contributed by atoms with van der Waals surface area (Å²) in [6.45, 7) is 4.58. The van der Waals surface area contributed by atoms with Crippen LogP contribution in [0.1, 0.15) is 36.5 Å². The van der Waals surface area contributed by atoms with E-state index >= 15 is 0 Å². The van der Waals surface area contributed by atoms with E-state index in [1.807, 2.05) is 53.1 Å². The van der Waals surface area contributed by atoms with E-state index in [2.05, 4.69) is 45.1 Å². The average molecular weight is 647 g/mol. The van der Waals surface area contributed by atoms with Gasteiger partial charge in [0.1, 0.15) is 5.75 Å². The van der Waals surface area contributed by atoms with Crippen LogP contribution in [0.5, 0.6) is 5.75 Å². The molecule has 4 aromatic carbocycles. The van der Waals surface area contributed by atoms with E-state index in [4.69, 9.17) is 21.6 Å². The Morgan fingerprint density at radius 1 is 0.717 bits per heavy atom. The Morgan fingerprint density at radius 2 is 1.39 bits per heavy atom. The van der Waals surface area contributed by atoms with Crippen molar-refractivity contribution in [2.24, 2.45) is 0 Å². The Kier molecular flexibility index (Phi) is 9.35. The van der Waals surface area contributed by atoms with Crippen LogP contribution in [-0.2, 0) is 19.5 Å². The van der Waals surface area contributed by atoms with Gasteiger partial charge in [-0.1, -0.05) is 67.4 Å². The third-order valence-electron chi connectivity index (χ3n) is 7.70. The zero-order chi connectivity index (χ0) is 32.1. The zero-order valence-electron chi connectivity index (χ0n) is 25.3. The first-order valence-electron chi connectivity index (χ1n) is 15.3. The molecule has 0 saturated carbocycles. The first-order chi connectivity index (χ1) is 22.3. The van der Waals surface area contributed by atoms with Gasteiger partial charge in [-0.25, -0.2) is 9.97 Å². The van der Waals surface area contributed by atoms with E-state index in [1.54, 1.807) is 12.1 Å². The van der Waals surface area contributed by atoms with Crippen LogP contribution in [-0.4, -0.2) is 38.6 Å². The lowest BCUT2D eigenvalue weighted by atomic mass is 10.1. The van der Waals surface area contributed by atoms with Gasteiger partial charge < -0.3 is 24.5 Å². The van der Waals surface area contributed by atoms with Gasteiger partial charge >= 0.3 is 6.36 Å². The molecular formula is C35H34ClF3N6O. The zero-order valence-corrected chi connectivity index (χ0v) is 26.1. The second-order valence-electron chi connectivity index (χ2n) is 11.1. The van der Waals surface area contributed by atoms with E-state index in [-0.39, 0.29) is 5.75 Å². The summed E-state index contributed by atoms with van der Waals surface area (Å²) in [6.07, 6.45) is -1.89. The maximum absolute atomic E-state index is 12.8. The minimum atomic E-state index is -4.75. The van der Waals surface area contributed by atoms with Crippen molar-refractivity contribution >= 4 is 45.6 Å². The summed E-state index contributed by atoms with van der Waals surface area (Å²) in [5, 5.41) is 7.68. The third-order valence-corrected chi connectivity index (χ3v) is 7.96. The lowest BCUT2D eigenvalue weighted by molar-refractivity contribution is -0.274. The molecule has 2 N–H and O–H groups in total. The quantitative estimate of drug-likeness (QED) is 0.123. The molecule has 0 unspecified atom stereocenters. The van der Waals surface area contributed by atoms with Gasteiger partial charge in [-0.3, -0.25) is 0 Å². The fourth-order valence-corrected chi connectivity index (χ4v) is 5.61. The van der Waals surface area contributed by atoms with Gasteiger partial charge in [0.2, 0.25) is 11.9 Å². The molecule has 0 aliphatic carbocycles. The molecule has 0 fully saturated rings. The normalized spacial score (nSPS) is 11.8. The highest BCUT2D eigenvalue weighted by molar-refractivity contribution is 6.30. The van der Waals surface area contributed by atoms with Crippen LogP contribution < -0.4 is 15.4 Å². The van der Waals surface area contributed by atoms with Crippen molar-refractivity contribution in [1.29, 1.82) is 0 Å². The number of benzene rings is 4. The summed E-state index contributed by atoms with van der Waals surface area (Å²) in [6, 6.07) is 27.9. The molecule has 6 rings (SSSR count). The molecule has 2 aromatic heterocycles. The maximum Gasteiger partial charge on any atom is 0.573 e. The van der Waals surface area contributed by atoms with Gasteiger partial charge in [0.15, 0.2) is 0 Å². The highest BCUT2D eigenvalue weighted by atomic mass is 35.5. The number of imidazole rings is 2. The molecule has 0 spiro atoms. The number of ether oxygens (including phenoxy) is 1. The summed E-state index contributed by atoms with van der Waals surface area (Å²) in [7, 11) is 0. The molecule has 0 atom stereocenters. The fraction of sp³-hybridized carbons (Fsp3) is 0.257. The highest BCUT2D eigenvalue weighted by Crippen LogP contribution is 2.27. The number of fused-ring (bicyclic) bond motifs is 2. The Hall–Kier alpha value is -4.70. The second-order valence-corrected chi connectivity index (χ2v) is 11.6. The maximum atomic E-state index is 12.8. The van der Waals surface area contributed by atoms with E-state index in [9.17, 15) is 13.2 Å². The van der Waals surface area contributed by atoms with Crippen LogP contribution >= 0.6 is 11.6 Å². The first-order valence-corrected chi connectivity index (χ1v) is 15.6. The van der Waals surface area contributed by atoms with Crippen LogP contribution in [0.4, 0.5) is 25.1 Å². The minimum Gasteiger partial charge on any atom is -0.406 e. The van der Waals surface area contributed by atoms with Crippen molar-refractivity contribution in [3.8, 4) is 5.75 Å². The molecule has 0 saturated heterocycles. The molecule has 2 heterocycles. The topological polar surface area (TPSA) is 68.9 Å². The number of rotatable bonds is 13. The molecule has 0 aliphatic rings. The smallest absolute Gasteiger partial charge is 0.406 e.